The van der Waals surface area contributed by atoms with Gasteiger partial charge in [0, 0.05) is 49.3 Å². The van der Waals surface area contributed by atoms with Gasteiger partial charge in [-0.05, 0) is 35.9 Å². The number of rotatable bonds is 6. The van der Waals surface area contributed by atoms with Crippen molar-refractivity contribution in [1.29, 1.82) is 0 Å². The van der Waals surface area contributed by atoms with Crippen LogP contribution in [0.4, 0.5) is 0 Å². The van der Waals surface area contributed by atoms with Gasteiger partial charge in [0.2, 0.25) is 0 Å². The van der Waals surface area contributed by atoms with E-state index in [1.807, 2.05) is 24.3 Å². The van der Waals surface area contributed by atoms with Crippen LogP contribution in [0.3, 0.4) is 0 Å². The van der Waals surface area contributed by atoms with Crippen LogP contribution in [0.15, 0.2) is 40.9 Å². The number of hydrogen-bond donors (Lipinski definition) is 1. The molecule has 0 bridgehead atoms. The summed E-state index contributed by atoms with van der Waals surface area (Å²) in [5.74, 6) is 1.89. The SMILES string of the molecule is COc1ccc(CN2CCN(Cc3cc(Br)ccc3O)CC2)cc1OC. The molecule has 6 heteroatoms. The fourth-order valence-electron chi connectivity index (χ4n) is 3.26. The molecule has 0 unspecified atom stereocenters. The lowest BCUT2D eigenvalue weighted by Gasteiger charge is -2.35. The van der Waals surface area contributed by atoms with E-state index in [0.717, 1.165) is 60.8 Å². The molecule has 1 aliphatic rings. The van der Waals surface area contributed by atoms with Crippen molar-refractivity contribution in [3.63, 3.8) is 0 Å². The van der Waals surface area contributed by atoms with Crippen molar-refractivity contribution in [2.75, 3.05) is 40.4 Å². The van der Waals surface area contributed by atoms with Gasteiger partial charge in [-0.1, -0.05) is 22.0 Å². The first-order chi connectivity index (χ1) is 12.6. The molecular formula is C20H25BrN2O3. The van der Waals surface area contributed by atoms with Crippen LogP contribution in [0.2, 0.25) is 0 Å². The van der Waals surface area contributed by atoms with Crippen molar-refractivity contribution in [1.82, 2.24) is 9.80 Å². The van der Waals surface area contributed by atoms with Crippen LogP contribution in [0.25, 0.3) is 0 Å². The van der Waals surface area contributed by atoms with E-state index in [0.29, 0.717) is 5.75 Å². The molecule has 2 aromatic carbocycles. The van der Waals surface area contributed by atoms with E-state index in [9.17, 15) is 5.11 Å². The summed E-state index contributed by atoms with van der Waals surface area (Å²) >= 11 is 3.47. The van der Waals surface area contributed by atoms with Crippen LogP contribution in [0, 0.1) is 0 Å². The second-order valence-electron chi connectivity index (χ2n) is 6.51. The minimum Gasteiger partial charge on any atom is -0.508 e. The molecule has 3 rings (SSSR count). The Morgan fingerprint density at radius 2 is 1.54 bits per heavy atom. The average Bonchev–Trinajstić information content (AvgIpc) is 2.66. The molecule has 1 heterocycles. The third kappa shape index (κ3) is 4.69. The van der Waals surface area contributed by atoms with Crippen molar-refractivity contribution in [2.45, 2.75) is 13.1 Å². The molecule has 1 N–H and O–H groups in total. The van der Waals surface area contributed by atoms with Crippen molar-refractivity contribution in [3.8, 4) is 17.2 Å². The molecule has 1 aliphatic heterocycles. The summed E-state index contributed by atoms with van der Waals surface area (Å²) < 4.78 is 11.7. The number of benzene rings is 2. The number of phenolic OH excluding ortho intramolecular Hbond substituents is 1. The van der Waals surface area contributed by atoms with Crippen LogP contribution < -0.4 is 9.47 Å². The number of hydrogen-bond acceptors (Lipinski definition) is 5. The lowest BCUT2D eigenvalue weighted by atomic mass is 10.1. The predicted octanol–water partition coefficient (Wildman–Crippen LogP) is 3.49. The van der Waals surface area contributed by atoms with Gasteiger partial charge < -0.3 is 14.6 Å². The Labute approximate surface area is 163 Å². The fraction of sp³-hybridized carbons (Fsp3) is 0.400. The number of ether oxygens (including phenoxy) is 2. The third-order valence-electron chi connectivity index (χ3n) is 4.75. The van der Waals surface area contributed by atoms with Gasteiger partial charge in [-0.3, -0.25) is 9.80 Å². The van der Waals surface area contributed by atoms with Crippen LogP contribution in [0.5, 0.6) is 17.2 Å². The summed E-state index contributed by atoms with van der Waals surface area (Å²) in [6, 6.07) is 11.7. The molecule has 0 aliphatic carbocycles. The first-order valence-electron chi connectivity index (χ1n) is 8.72. The Kier molecular flexibility index (Phi) is 6.40. The maximum Gasteiger partial charge on any atom is 0.161 e. The van der Waals surface area contributed by atoms with Crippen molar-refractivity contribution in [2.24, 2.45) is 0 Å². The van der Waals surface area contributed by atoms with Crippen LogP contribution >= 0.6 is 15.9 Å². The fourth-order valence-corrected chi connectivity index (χ4v) is 3.67. The van der Waals surface area contributed by atoms with Crippen LogP contribution in [-0.4, -0.2) is 55.3 Å². The Morgan fingerprint density at radius 1 is 0.885 bits per heavy atom. The molecule has 5 nitrogen and oxygen atoms in total. The summed E-state index contributed by atoms with van der Waals surface area (Å²) in [6.45, 7) is 5.65. The highest BCUT2D eigenvalue weighted by atomic mass is 79.9. The topological polar surface area (TPSA) is 45.2 Å². The van der Waals surface area contributed by atoms with Crippen LogP contribution in [-0.2, 0) is 13.1 Å². The van der Waals surface area contributed by atoms with Gasteiger partial charge in [0.1, 0.15) is 5.75 Å². The van der Waals surface area contributed by atoms with E-state index in [1.165, 1.54) is 5.56 Å². The number of piperazine rings is 1. The Balaban J connectivity index is 1.54. The zero-order chi connectivity index (χ0) is 18.5. The molecule has 0 spiro atoms. The largest absolute Gasteiger partial charge is 0.508 e. The highest BCUT2D eigenvalue weighted by Gasteiger charge is 2.18. The maximum atomic E-state index is 10.0. The molecule has 2 aromatic rings. The lowest BCUT2D eigenvalue weighted by Crippen LogP contribution is -2.45. The molecule has 140 valence electrons. The second kappa shape index (κ2) is 8.75. The molecule has 26 heavy (non-hydrogen) atoms. The number of nitrogens with zero attached hydrogens (tertiary/aromatic N) is 2. The quantitative estimate of drug-likeness (QED) is 0.774. The summed E-state index contributed by atoms with van der Waals surface area (Å²) in [4.78, 5) is 4.82. The standard InChI is InChI=1S/C20H25BrN2O3/c1-25-19-6-3-15(11-20(19)26-2)13-22-7-9-23(10-8-22)14-16-12-17(21)4-5-18(16)24/h3-6,11-12,24H,7-10,13-14H2,1-2H3. The van der Waals surface area contributed by atoms with Gasteiger partial charge in [-0.15, -0.1) is 0 Å². The van der Waals surface area contributed by atoms with E-state index < -0.39 is 0 Å². The minimum absolute atomic E-state index is 0.362. The Bertz CT molecular complexity index is 746. The van der Waals surface area contributed by atoms with Crippen molar-refractivity contribution < 1.29 is 14.6 Å². The minimum atomic E-state index is 0.362. The number of halogens is 1. The first kappa shape index (κ1) is 19.0. The maximum absolute atomic E-state index is 10.0. The first-order valence-corrected chi connectivity index (χ1v) is 9.51. The highest BCUT2D eigenvalue weighted by Crippen LogP contribution is 2.28. The molecule has 0 atom stereocenters. The van der Waals surface area contributed by atoms with Gasteiger partial charge in [0.25, 0.3) is 0 Å². The molecule has 0 amide bonds. The average molecular weight is 421 g/mol. The number of methoxy groups -OCH3 is 2. The number of aromatic hydroxyl groups is 1. The molecule has 1 fully saturated rings. The summed E-state index contributed by atoms with van der Waals surface area (Å²) in [6.07, 6.45) is 0. The summed E-state index contributed by atoms with van der Waals surface area (Å²) in [7, 11) is 3.32. The van der Waals surface area contributed by atoms with E-state index in [4.69, 9.17) is 9.47 Å². The van der Waals surface area contributed by atoms with E-state index in [1.54, 1.807) is 20.3 Å². The summed E-state index contributed by atoms with van der Waals surface area (Å²) in [5.41, 5.74) is 2.19. The van der Waals surface area contributed by atoms with E-state index in [2.05, 4.69) is 31.8 Å². The van der Waals surface area contributed by atoms with E-state index in [-0.39, 0.29) is 0 Å². The van der Waals surface area contributed by atoms with Gasteiger partial charge >= 0.3 is 0 Å². The molecular weight excluding hydrogens is 396 g/mol. The second-order valence-corrected chi connectivity index (χ2v) is 7.43. The van der Waals surface area contributed by atoms with Crippen molar-refractivity contribution in [3.05, 3.63) is 52.0 Å². The number of phenols is 1. The monoisotopic (exact) mass is 420 g/mol. The zero-order valence-electron chi connectivity index (χ0n) is 15.2. The van der Waals surface area contributed by atoms with Crippen LogP contribution in [0.1, 0.15) is 11.1 Å². The molecule has 0 aromatic heterocycles. The predicted molar refractivity (Wildman–Crippen MR) is 106 cm³/mol. The third-order valence-corrected chi connectivity index (χ3v) is 5.25. The molecule has 0 radical (unpaired) electrons. The van der Waals surface area contributed by atoms with Gasteiger partial charge in [0.05, 0.1) is 14.2 Å². The molecule has 0 saturated carbocycles. The van der Waals surface area contributed by atoms with Gasteiger partial charge in [-0.25, -0.2) is 0 Å². The van der Waals surface area contributed by atoms with E-state index >= 15 is 0 Å². The van der Waals surface area contributed by atoms with Gasteiger partial charge in [0.15, 0.2) is 11.5 Å². The normalized spacial score (nSPS) is 15.8. The zero-order valence-corrected chi connectivity index (χ0v) is 16.8. The lowest BCUT2D eigenvalue weighted by molar-refractivity contribution is 0.121. The summed E-state index contributed by atoms with van der Waals surface area (Å²) in [5, 5.41) is 10.0. The molecule has 1 saturated heterocycles. The Morgan fingerprint density at radius 3 is 2.19 bits per heavy atom. The smallest absolute Gasteiger partial charge is 0.161 e. The van der Waals surface area contributed by atoms with Crippen molar-refractivity contribution >= 4 is 15.9 Å². The Hall–Kier alpha value is -1.76. The highest BCUT2D eigenvalue weighted by molar-refractivity contribution is 9.10. The van der Waals surface area contributed by atoms with Gasteiger partial charge in [-0.2, -0.15) is 0 Å².